The zero-order chi connectivity index (χ0) is 14.8. The van der Waals surface area contributed by atoms with Crippen molar-refractivity contribution in [1.29, 1.82) is 0 Å². The molecular formula is C18H21NOS. The molecule has 0 radical (unpaired) electrons. The summed E-state index contributed by atoms with van der Waals surface area (Å²) in [7, 11) is 0. The van der Waals surface area contributed by atoms with Gasteiger partial charge in [0.1, 0.15) is 5.75 Å². The van der Waals surface area contributed by atoms with E-state index in [-0.39, 0.29) is 6.04 Å². The van der Waals surface area contributed by atoms with Crippen LogP contribution in [-0.4, -0.2) is 12.4 Å². The molecule has 0 saturated carbocycles. The van der Waals surface area contributed by atoms with Gasteiger partial charge < -0.3 is 10.5 Å². The lowest BCUT2D eigenvalue weighted by Crippen LogP contribution is -2.13. The van der Waals surface area contributed by atoms with Crippen molar-refractivity contribution in [2.24, 2.45) is 5.73 Å². The first-order valence-electron chi connectivity index (χ1n) is 7.36. The van der Waals surface area contributed by atoms with Crippen molar-refractivity contribution in [3.63, 3.8) is 0 Å². The van der Waals surface area contributed by atoms with E-state index in [2.05, 4.69) is 43.3 Å². The molecule has 21 heavy (non-hydrogen) atoms. The van der Waals surface area contributed by atoms with E-state index < -0.39 is 0 Å². The maximum Gasteiger partial charge on any atom is 0.124 e. The van der Waals surface area contributed by atoms with Crippen LogP contribution in [0.5, 0.6) is 5.75 Å². The summed E-state index contributed by atoms with van der Waals surface area (Å²) in [6.07, 6.45) is 0. The smallest absolute Gasteiger partial charge is 0.124 e. The third-order valence-electron chi connectivity index (χ3n) is 3.89. The monoisotopic (exact) mass is 299 g/mol. The topological polar surface area (TPSA) is 35.2 Å². The minimum absolute atomic E-state index is 0.00913. The Kier molecular flexibility index (Phi) is 4.22. The summed E-state index contributed by atoms with van der Waals surface area (Å²) in [6, 6.07) is 14.9. The summed E-state index contributed by atoms with van der Waals surface area (Å²) in [4.78, 5) is 1.39. The quantitative estimate of drug-likeness (QED) is 0.915. The molecule has 2 nitrogen and oxygen atoms in total. The van der Waals surface area contributed by atoms with E-state index in [4.69, 9.17) is 10.5 Å². The van der Waals surface area contributed by atoms with Gasteiger partial charge in [-0.05, 0) is 31.5 Å². The Morgan fingerprint density at radius 2 is 2.10 bits per heavy atom. The van der Waals surface area contributed by atoms with Crippen molar-refractivity contribution in [3.05, 3.63) is 59.2 Å². The molecule has 3 rings (SSSR count). The number of hydrogen-bond donors (Lipinski definition) is 1. The average Bonchev–Trinajstić information content (AvgIpc) is 2.89. The van der Waals surface area contributed by atoms with Gasteiger partial charge in [0.2, 0.25) is 0 Å². The van der Waals surface area contributed by atoms with Crippen LogP contribution in [0.2, 0.25) is 0 Å². The fourth-order valence-corrected chi connectivity index (χ4v) is 3.95. The molecule has 3 heteroatoms. The molecule has 110 valence electrons. The van der Waals surface area contributed by atoms with E-state index in [1.54, 1.807) is 0 Å². The lowest BCUT2D eigenvalue weighted by atomic mass is 10.0. The lowest BCUT2D eigenvalue weighted by Gasteiger charge is -2.17. The summed E-state index contributed by atoms with van der Waals surface area (Å²) in [6.45, 7) is 4.80. The molecule has 0 bridgehead atoms. The number of hydrogen-bond acceptors (Lipinski definition) is 3. The van der Waals surface area contributed by atoms with Gasteiger partial charge in [-0.3, -0.25) is 0 Å². The molecule has 0 amide bonds. The molecular weight excluding hydrogens is 278 g/mol. The Bertz CT molecular complexity index is 639. The van der Waals surface area contributed by atoms with Gasteiger partial charge in [0.05, 0.1) is 6.61 Å². The van der Waals surface area contributed by atoms with E-state index in [1.807, 2.05) is 24.8 Å². The van der Waals surface area contributed by atoms with Crippen molar-refractivity contribution in [2.45, 2.75) is 30.7 Å². The Balaban J connectivity index is 1.75. The number of nitrogens with two attached hydrogens (primary N) is 1. The van der Waals surface area contributed by atoms with Crippen LogP contribution in [0.1, 0.15) is 35.6 Å². The first-order chi connectivity index (χ1) is 10.1. The summed E-state index contributed by atoms with van der Waals surface area (Å²) >= 11 is 1.92. The van der Waals surface area contributed by atoms with Crippen molar-refractivity contribution >= 4 is 11.8 Å². The van der Waals surface area contributed by atoms with Crippen molar-refractivity contribution < 1.29 is 4.74 Å². The van der Waals surface area contributed by atoms with E-state index in [0.29, 0.717) is 12.5 Å². The van der Waals surface area contributed by atoms with Crippen LogP contribution < -0.4 is 10.5 Å². The predicted molar refractivity (Wildman–Crippen MR) is 89.2 cm³/mol. The number of benzene rings is 2. The maximum absolute atomic E-state index is 6.10. The third-order valence-corrected chi connectivity index (χ3v) is 5.15. The fourth-order valence-electron chi connectivity index (χ4n) is 2.71. The highest BCUT2D eigenvalue weighted by molar-refractivity contribution is 7.99. The van der Waals surface area contributed by atoms with E-state index in [9.17, 15) is 0 Å². The average molecular weight is 299 g/mol. The molecule has 0 saturated heterocycles. The third kappa shape index (κ3) is 3.09. The van der Waals surface area contributed by atoms with Crippen LogP contribution in [0.25, 0.3) is 0 Å². The Morgan fingerprint density at radius 1 is 1.29 bits per heavy atom. The summed E-state index contributed by atoms with van der Waals surface area (Å²) in [5, 5.41) is 0. The zero-order valence-corrected chi connectivity index (χ0v) is 13.3. The number of aryl methyl sites for hydroxylation is 1. The zero-order valence-electron chi connectivity index (χ0n) is 12.5. The largest absolute Gasteiger partial charge is 0.493 e. The first kappa shape index (κ1) is 14.5. The van der Waals surface area contributed by atoms with Crippen LogP contribution in [0, 0.1) is 6.92 Å². The highest BCUT2D eigenvalue weighted by atomic mass is 32.2. The summed E-state index contributed by atoms with van der Waals surface area (Å²) in [5.41, 5.74) is 9.78. The van der Waals surface area contributed by atoms with Crippen molar-refractivity contribution in [3.8, 4) is 5.75 Å². The van der Waals surface area contributed by atoms with Gasteiger partial charge in [0, 0.05) is 28.2 Å². The highest BCUT2D eigenvalue weighted by Gasteiger charge is 2.23. The van der Waals surface area contributed by atoms with E-state index >= 15 is 0 Å². The van der Waals surface area contributed by atoms with Crippen LogP contribution in [0.4, 0.5) is 0 Å². The predicted octanol–water partition coefficient (Wildman–Crippen LogP) is 4.28. The number of fused-ring (bicyclic) bond motifs is 1. The molecule has 0 fully saturated rings. The summed E-state index contributed by atoms with van der Waals surface area (Å²) in [5.74, 6) is 2.48. The van der Waals surface area contributed by atoms with Crippen LogP contribution in [-0.2, 0) is 0 Å². The standard InChI is InChI=1S/C18H21NOS/c1-12-7-8-17(16(9-12)13(2)19)20-10-14-11-21-18-6-4-3-5-15(14)18/h3-9,13-14H,10-11,19H2,1-2H3/t13-,14?/m0/s1. The SMILES string of the molecule is Cc1ccc(OCC2CSc3ccccc32)c([C@H](C)N)c1. The number of ether oxygens (including phenoxy) is 1. The van der Waals surface area contributed by atoms with Crippen molar-refractivity contribution in [2.75, 3.05) is 12.4 Å². The molecule has 2 atom stereocenters. The van der Waals surface area contributed by atoms with Crippen molar-refractivity contribution in [1.82, 2.24) is 0 Å². The van der Waals surface area contributed by atoms with Gasteiger partial charge in [0.15, 0.2) is 0 Å². The van der Waals surface area contributed by atoms with Gasteiger partial charge in [-0.2, -0.15) is 0 Å². The van der Waals surface area contributed by atoms with E-state index in [0.717, 1.165) is 17.1 Å². The lowest BCUT2D eigenvalue weighted by molar-refractivity contribution is 0.294. The molecule has 2 aromatic rings. The van der Waals surface area contributed by atoms with Gasteiger partial charge in [0.25, 0.3) is 0 Å². The Hall–Kier alpha value is -1.45. The van der Waals surface area contributed by atoms with Gasteiger partial charge >= 0.3 is 0 Å². The molecule has 1 unspecified atom stereocenters. The second-order valence-corrected chi connectivity index (χ2v) is 6.75. The molecule has 1 aliphatic heterocycles. The Morgan fingerprint density at radius 3 is 2.90 bits per heavy atom. The van der Waals surface area contributed by atoms with Crippen LogP contribution in [0.15, 0.2) is 47.4 Å². The minimum atomic E-state index is -0.00913. The molecule has 1 aliphatic rings. The molecule has 0 aromatic heterocycles. The summed E-state index contributed by atoms with van der Waals surface area (Å²) < 4.78 is 6.10. The minimum Gasteiger partial charge on any atom is -0.493 e. The Labute approximate surface area is 130 Å². The van der Waals surface area contributed by atoms with Gasteiger partial charge in [-0.1, -0.05) is 35.9 Å². The number of rotatable bonds is 4. The second kappa shape index (κ2) is 6.12. The molecule has 0 aliphatic carbocycles. The van der Waals surface area contributed by atoms with E-state index in [1.165, 1.54) is 16.0 Å². The highest BCUT2D eigenvalue weighted by Crippen LogP contribution is 2.39. The second-order valence-electron chi connectivity index (χ2n) is 5.69. The molecule has 1 heterocycles. The maximum atomic E-state index is 6.10. The number of thioether (sulfide) groups is 1. The molecule has 0 spiro atoms. The first-order valence-corrected chi connectivity index (χ1v) is 8.34. The molecule has 2 aromatic carbocycles. The fraction of sp³-hybridized carbons (Fsp3) is 0.333. The van der Waals surface area contributed by atoms with Crippen LogP contribution in [0.3, 0.4) is 0 Å². The van der Waals surface area contributed by atoms with Gasteiger partial charge in [-0.15, -0.1) is 11.8 Å². The van der Waals surface area contributed by atoms with Crippen LogP contribution >= 0.6 is 11.8 Å². The normalized spacial score (nSPS) is 18.3. The van der Waals surface area contributed by atoms with Gasteiger partial charge in [-0.25, -0.2) is 0 Å². The molecule has 2 N–H and O–H groups in total.